The Morgan fingerprint density at radius 1 is 1.07 bits per heavy atom. The molecule has 0 spiro atoms. The van der Waals surface area contributed by atoms with Crippen molar-refractivity contribution in [2.75, 3.05) is 25.6 Å². The SMILES string of the molecule is CCNC(=NCc1ccccc1OC(F)F)Nc1ccc(OCC)c(OC)c1.I. The third kappa shape index (κ3) is 7.92. The summed E-state index contributed by atoms with van der Waals surface area (Å²) in [5, 5.41) is 6.29. The van der Waals surface area contributed by atoms with Crippen LogP contribution in [-0.4, -0.2) is 32.8 Å². The molecule has 2 aromatic rings. The first kappa shape index (κ1) is 24.7. The molecule has 0 aliphatic rings. The Bertz CT molecular complexity index is 791. The van der Waals surface area contributed by atoms with Gasteiger partial charge in [-0.15, -0.1) is 24.0 Å². The van der Waals surface area contributed by atoms with Crippen LogP contribution in [0.3, 0.4) is 0 Å². The normalized spacial score (nSPS) is 10.9. The van der Waals surface area contributed by atoms with Crippen LogP contribution in [0.5, 0.6) is 17.2 Å². The lowest BCUT2D eigenvalue weighted by Crippen LogP contribution is -2.30. The predicted octanol–water partition coefficient (Wildman–Crippen LogP) is 4.89. The molecule has 0 atom stereocenters. The zero-order chi connectivity index (χ0) is 20.4. The first-order chi connectivity index (χ1) is 13.6. The van der Waals surface area contributed by atoms with Gasteiger partial charge in [0.25, 0.3) is 0 Å². The number of methoxy groups -OCH3 is 1. The van der Waals surface area contributed by atoms with Gasteiger partial charge >= 0.3 is 6.61 Å². The highest BCUT2D eigenvalue weighted by Gasteiger charge is 2.10. The van der Waals surface area contributed by atoms with Crippen molar-refractivity contribution in [2.45, 2.75) is 27.0 Å². The fraction of sp³-hybridized carbons (Fsp3) is 0.350. The number of aliphatic imine (C=N–C) groups is 1. The van der Waals surface area contributed by atoms with Crippen LogP contribution >= 0.6 is 24.0 Å². The van der Waals surface area contributed by atoms with Gasteiger partial charge in [-0.25, -0.2) is 4.99 Å². The summed E-state index contributed by atoms with van der Waals surface area (Å²) in [7, 11) is 1.57. The molecule has 0 radical (unpaired) electrons. The van der Waals surface area contributed by atoms with Crippen LogP contribution in [-0.2, 0) is 6.54 Å². The number of rotatable bonds is 9. The predicted molar refractivity (Wildman–Crippen MR) is 121 cm³/mol. The summed E-state index contributed by atoms with van der Waals surface area (Å²) in [5.74, 6) is 1.86. The molecule has 0 saturated carbocycles. The Morgan fingerprint density at radius 2 is 1.83 bits per heavy atom. The minimum absolute atomic E-state index is 0. The highest BCUT2D eigenvalue weighted by molar-refractivity contribution is 14.0. The van der Waals surface area contributed by atoms with E-state index in [2.05, 4.69) is 20.4 Å². The summed E-state index contributed by atoms with van der Waals surface area (Å²) in [4.78, 5) is 4.46. The number of alkyl halides is 2. The third-order valence-electron chi connectivity index (χ3n) is 3.67. The molecule has 0 unspecified atom stereocenters. The summed E-state index contributed by atoms with van der Waals surface area (Å²) in [6, 6.07) is 12.0. The molecule has 2 N–H and O–H groups in total. The molecule has 29 heavy (non-hydrogen) atoms. The number of nitrogens with one attached hydrogen (secondary N) is 2. The lowest BCUT2D eigenvalue weighted by atomic mass is 10.2. The van der Waals surface area contributed by atoms with Crippen LogP contribution in [0.25, 0.3) is 0 Å². The van der Waals surface area contributed by atoms with Crippen LogP contribution in [0.4, 0.5) is 14.5 Å². The van der Waals surface area contributed by atoms with Crippen molar-refractivity contribution in [1.82, 2.24) is 5.32 Å². The molecule has 0 aliphatic carbocycles. The largest absolute Gasteiger partial charge is 0.493 e. The maximum absolute atomic E-state index is 12.6. The number of hydrogen-bond donors (Lipinski definition) is 2. The van der Waals surface area contributed by atoms with Gasteiger partial charge in [-0.1, -0.05) is 18.2 Å². The number of para-hydroxylation sites is 1. The van der Waals surface area contributed by atoms with Gasteiger partial charge < -0.3 is 24.8 Å². The van der Waals surface area contributed by atoms with Crippen molar-refractivity contribution in [3.8, 4) is 17.2 Å². The Hall–Kier alpha value is -2.30. The molecule has 6 nitrogen and oxygen atoms in total. The number of benzene rings is 2. The topological polar surface area (TPSA) is 64.1 Å². The molecule has 0 heterocycles. The maximum Gasteiger partial charge on any atom is 0.387 e. The standard InChI is InChI=1S/C20H25F2N3O3.HI/c1-4-23-20(24-13-14-8-6-7-9-16(14)28-19(21)22)25-15-10-11-17(27-5-2)18(12-15)26-3;/h6-12,19H,4-5,13H2,1-3H3,(H2,23,24,25);1H. The fourth-order valence-electron chi connectivity index (χ4n) is 2.47. The Balaban J connectivity index is 0.00000420. The Labute approximate surface area is 186 Å². The molecule has 0 amide bonds. The second-order valence-electron chi connectivity index (χ2n) is 5.61. The van der Waals surface area contributed by atoms with Gasteiger partial charge in [0.05, 0.1) is 20.3 Å². The summed E-state index contributed by atoms with van der Waals surface area (Å²) in [6.45, 7) is 2.29. The number of guanidine groups is 1. The van der Waals surface area contributed by atoms with Crippen molar-refractivity contribution in [3.63, 3.8) is 0 Å². The van der Waals surface area contributed by atoms with Gasteiger partial charge in [0.1, 0.15) is 5.75 Å². The van der Waals surface area contributed by atoms with Gasteiger partial charge in [0.2, 0.25) is 0 Å². The number of nitrogens with zero attached hydrogens (tertiary/aromatic N) is 1. The van der Waals surface area contributed by atoms with Gasteiger partial charge in [-0.3, -0.25) is 0 Å². The van der Waals surface area contributed by atoms with Crippen LogP contribution in [0, 0.1) is 0 Å². The van der Waals surface area contributed by atoms with Crippen LogP contribution < -0.4 is 24.8 Å². The van der Waals surface area contributed by atoms with E-state index >= 15 is 0 Å². The van der Waals surface area contributed by atoms with E-state index in [0.717, 1.165) is 5.69 Å². The van der Waals surface area contributed by atoms with Crippen molar-refractivity contribution in [2.24, 2.45) is 4.99 Å². The number of anilines is 1. The lowest BCUT2D eigenvalue weighted by molar-refractivity contribution is -0.0504. The average Bonchev–Trinajstić information content (AvgIpc) is 2.68. The zero-order valence-corrected chi connectivity index (χ0v) is 18.9. The quantitative estimate of drug-likeness (QED) is 0.280. The molecule has 160 valence electrons. The van der Waals surface area contributed by atoms with Gasteiger partial charge in [-0.2, -0.15) is 8.78 Å². The smallest absolute Gasteiger partial charge is 0.387 e. The van der Waals surface area contributed by atoms with E-state index in [9.17, 15) is 8.78 Å². The summed E-state index contributed by atoms with van der Waals surface area (Å²) < 4.78 is 40.5. The first-order valence-electron chi connectivity index (χ1n) is 8.96. The number of halogens is 3. The number of ether oxygens (including phenoxy) is 3. The minimum atomic E-state index is -2.88. The monoisotopic (exact) mass is 521 g/mol. The van der Waals surface area contributed by atoms with Crippen LogP contribution in [0.2, 0.25) is 0 Å². The average molecular weight is 521 g/mol. The Morgan fingerprint density at radius 3 is 2.48 bits per heavy atom. The molecular weight excluding hydrogens is 495 g/mol. The van der Waals surface area contributed by atoms with E-state index < -0.39 is 6.61 Å². The van der Waals surface area contributed by atoms with Crippen LogP contribution in [0.15, 0.2) is 47.5 Å². The van der Waals surface area contributed by atoms with Crippen molar-refractivity contribution >= 4 is 35.6 Å². The molecule has 0 saturated heterocycles. The molecule has 0 aromatic heterocycles. The second kappa shape index (κ2) is 13.0. The molecule has 9 heteroatoms. The molecular formula is C20H26F2IN3O3. The molecule has 2 rings (SSSR count). The van der Waals surface area contributed by atoms with Gasteiger partial charge in [-0.05, 0) is 32.0 Å². The summed E-state index contributed by atoms with van der Waals surface area (Å²) in [6.07, 6.45) is 0. The van der Waals surface area contributed by atoms with Crippen LogP contribution in [0.1, 0.15) is 19.4 Å². The van der Waals surface area contributed by atoms with Gasteiger partial charge in [0.15, 0.2) is 17.5 Å². The van der Waals surface area contributed by atoms with Crippen molar-refractivity contribution in [1.29, 1.82) is 0 Å². The molecule has 0 bridgehead atoms. The number of hydrogen-bond acceptors (Lipinski definition) is 4. The zero-order valence-electron chi connectivity index (χ0n) is 16.6. The van der Waals surface area contributed by atoms with Crippen molar-refractivity contribution in [3.05, 3.63) is 48.0 Å². The van der Waals surface area contributed by atoms with Gasteiger partial charge in [0, 0.05) is 23.9 Å². The summed E-state index contributed by atoms with van der Waals surface area (Å²) in [5.41, 5.74) is 1.31. The van der Waals surface area contributed by atoms with E-state index in [-0.39, 0.29) is 36.3 Å². The third-order valence-corrected chi connectivity index (χ3v) is 3.67. The van der Waals surface area contributed by atoms with E-state index in [1.165, 1.54) is 6.07 Å². The second-order valence-corrected chi connectivity index (χ2v) is 5.61. The maximum atomic E-state index is 12.6. The molecule has 0 fully saturated rings. The highest BCUT2D eigenvalue weighted by Crippen LogP contribution is 2.30. The Kier molecular flexibility index (Phi) is 11.1. The molecule has 2 aromatic carbocycles. The highest BCUT2D eigenvalue weighted by atomic mass is 127. The summed E-state index contributed by atoms with van der Waals surface area (Å²) >= 11 is 0. The lowest BCUT2D eigenvalue weighted by Gasteiger charge is -2.15. The van der Waals surface area contributed by atoms with Crippen molar-refractivity contribution < 1.29 is 23.0 Å². The fourth-order valence-corrected chi connectivity index (χ4v) is 2.47. The van der Waals surface area contributed by atoms with E-state index in [1.54, 1.807) is 37.4 Å². The van der Waals surface area contributed by atoms with E-state index in [1.807, 2.05) is 19.9 Å². The molecule has 0 aliphatic heterocycles. The first-order valence-corrected chi connectivity index (χ1v) is 8.96. The van der Waals surface area contributed by atoms with E-state index in [0.29, 0.717) is 36.2 Å². The van der Waals surface area contributed by atoms with E-state index in [4.69, 9.17) is 9.47 Å². The minimum Gasteiger partial charge on any atom is -0.493 e.